The van der Waals surface area contributed by atoms with E-state index in [0.717, 1.165) is 12.1 Å². The monoisotopic (exact) mass is 333 g/mol. The van der Waals surface area contributed by atoms with Gasteiger partial charge in [0, 0.05) is 10.5 Å². The molecule has 0 atom stereocenters. The summed E-state index contributed by atoms with van der Waals surface area (Å²) in [5, 5.41) is -0.0340. The van der Waals surface area contributed by atoms with Crippen LogP contribution in [0.25, 0.3) is 0 Å². The molecule has 0 radical (unpaired) electrons. The van der Waals surface area contributed by atoms with Gasteiger partial charge in [0.1, 0.15) is 5.75 Å². The van der Waals surface area contributed by atoms with Gasteiger partial charge in [-0.05, 0) is 34.1 Å². The maximum absolute atomic E-state index is 13.1. The van der Waals surface area contributed by atoms with E-state index in [9.17, 15) is 8.78 Å². The Kier molecular flexibility index (Phi) is 3.73. The summed E-state index contributed by atoms with van der Waals surface area (Å²) in [6.07, 6.45) is 0. The molecule has 0 aliphatic carbocycles. The zero-order valence-corrected chi connectivity index (χ0v) is 11.2. The van der Waals surface area contributed by atoms with Crippen LogP contribution in [0.5, 0.6) is 11.5 Å². The highest BCUT2D eigenvalue weighted by Crippen LogP contribution is 2.36. The molecule has 0 heterocycles. The highest BCUT2D eigenvalue weighted by molar-refractivity contribution is 9.10. The molecular formula is C12H7BrClF2NO. The van der Waals surface area contributed by atoms with Crippen molar-refractivity contribution in [3.05, 3.63) is 51.5 Å². The number of para-hydroxylation sites is 1. The summed E-state index contributed by atoms with van der Waals surface area (Å²) in [6, 6.07) is 6.74. The van der Waals surface area contributed by atoms with Crippen LogP contribution >= 0.6 is 27.5 Å². The zero-order chi connectivity index (χ0) is 13.3. The summed E-state index contributed by atoms with van der Waals surface area (Å²) in [7, 11) is 0. The van der Waals surface area contributed by atoms with E-state index in [-0.39, 0.29) is 10.8 Å². The Labute approximate surface area is 115 Å². The molecule has 6 heteroatoms. The van der Waals surface area contributed by atoms with Crippen molar-refractivity contribution in [2.45, 2.75) is 0 Å². The highest BCUT2D eigenvalue weighted by atomic mass is 79.9. The molecule has 0 bridgehead atoms. The molecule has 2 rings (SSSR count). The molecule has 0 aliphatic rings. The third kappa shape index (κ3) is 2.57. The van der Waals surface area contributed by atoms with Crippen LogP contribution in [0.15, 0.2) is 34.8 Å². The molecule has 0 saturated heterocycles. The Morgan fingerprint density at radius 2 is 1.78 bits per heavy atom. The van der Waals surface area contributed by atoms with Crippen molar-refractivity contribution in [1.82, 2.24) is 0 Å². The molecular weight excluding hydrogens is 327 g/mol. The van der Waals surface area contributed by atoms with Crippen molar-refractivity contribution < 1.29 is 13.5 Å². The van der Waals surface area contributed by atoms with Crippen molar-refractivity contribution in [1.29, 1.82) is 0 Å². The molecule has 0 amide bonds. The summed E-state index contributed by atoms with van der Waals surface area (Å²) in [5.41, 5.74) is 6.11. The largest absolute Gasteiger partial charge is 0.453 e. The van der Waals surface area contributed by atoms with Gasteiger partial charge in [-0.1, -0.05) is 17.7 Å². The Morgan fingerprint density at radius 3 is 2.50 bits per heavy atom. The van der Waals surface area contributed by atoms with Crippen LogP contribution in [0.1, 0.15) is 0 Å². The number of anilines is 1. The summed E-state index contributed by atoms with van der Waals surface area (Å²) in [6.45, 7) is 0. The van der Waals surface area contributed by atoms with Crippen LogP contribution in [0.3, 0.4) is 0 Å². The van der Waals surface area contributed by atoms with Gasteiger partial charge < -0.3 is 10.5 Å². The van der Waals surface area contributed by atoms with E-state index in [1.807, 2.05) is 0 Å². The molecule has 0 fully saturated rings. The lowest BCUT2D eigenvalue weighted by Gasteiger charge is -2.11. The fourth-order valence-electron chi connectivity index (χ4n) is 1.31. The standard InChI is InChI=1S/C12H7BrClF2NO/c13-6-2-1-3-10(12(6)17)18-11-5-9(16)8(15)4-7(11)14/h1-5H,17H2. The van der Waals surface area contributed by atoms with Gasteiger partial charge in [-0.3, -0.25) is 0 Å². The van der Waals surface area contributed by atoms with Crippen LogP contribution in [0.2, 0.25) is 5.02 Å². The Balaban J connectivity index is 2.40. The Morgan fingerprint density at radius 1 is 1.11 bits per heavy atom. The average molecular weight is 335 g/mol. The van der Waals surface area contributed by atoms with E-state index in [1.54, 1.807) is 18.2 Å². The number of nitrogens with two attached hydrogens (primary N) is 1. The van der Waals surface area contributed by atoms with E-state index < -0.39 is 11.6 Å². The normalized spacial score (nSPS) is 10.4. The van der Waals surface area contributed by atoms with Crippen LogP contribution < -0.4 is 10.5 Å². The van der Waals surface area contributed by atoms with Crippen molar-refractivity contribution in [3.63, 3.8) is 0 Å². The number of rotatable bonds is 2. The Hall–Kier alpha value is -1.33. The highest BCUT2D eigenvalue weighted by Gasteiger charge is 2.12. The smallest absolute Gasteiger partial charge is 0.162 e. The number of ether oxygens (including phenoxy) is 1. The first-order valence-corrected chi connectivity index (χ1v) is 6.02. The molecule has 2 aromatic carbocycles. The number of benzene rings is 2. The number of hydrogen-bond donors (Lipinski definition) is 1. The van der Waals surface area contributed by atoms with Gasteiger partial charge in [0.15, 0.2) is 17.4 Å². The third-order valence-corrected chi connectivity index (χ3v) is 3.19. The molecule has 2 nitrogen and oxygen atoms in total. The van der Waals surface area contributed by atoms with Crippen LogP contribution in [-0.4, -0.2) is 0 Å². The fourth-order valence-corrected chi connectivity index (χ4v) is 1.84. The first-order valence-electron chi connectivity index (χ1n) is 4.85. The quantitative estimate of drug-likeness (QED) is 0.635. The summed E-state index contributed by atoms with van der Waals surface area (Å²) >= 11 is 8.99. The first kappa shape index (κ1) is 13.1. The molecule has 2 aromatic rings. The molecule has 0 aromatic heterocycles. The second-order valence-corrected chi connectivity index (χ2v) is 4.71. The third-order valence-electron chi connectivity index (χ3n) is 2.21. The number of hydrogen-bond acceptors (Lipinski definition) is 2. The average Bonchev–Trinajstić information content (AvgIpc) is 2.32. The number of nitrogen functional groups attached to an aromatic ring is 1. The Bertz CT molecular complexity index is 607. The molecule has 0 unspecified atom stereocenters. The first-order chi connectivity index (χ1) is 8.49. The SMILES string of the molecule is Nc1c(Br)cccc1Oc1cc(F)c(F)cc1Cl. The second kappa shape index (κ2) is 5.12. The lowest BCUT2D eigenvalue weighted by Crippen LogP contribution is -1.95. The van der Waals surface area contributed by atoms with Gasteiger partial charge in [0.05, 0.1) is 10.7 Å². The van der Waals surface area contributed by atoms with Crippen molar-refractivity contribution in [2.24, 2.45) is 0 Å². The van der Waals surface area contributed by atoms with Crippen LogP contribution in [-0.2, 0) is 0 Å². The molecule has 18 heavy (non-hydrogen) atoms. The molecule has 94 valence electrons. The van der Waals surface area contributed by atoms with E-state index in [2.05, 4.69) is 15.9 Å². The van der Waals surface area contributed by atoms with E-state index in [0.29, 0.717) is 15.9 Å². The van der Waals surface area contributed by atoms with Gasteiger partial charge in [0.25, 0.3) is 0 Å². The van der Waals surface area contributed by atoms with E-state index >= 15 is 0 Å². The second-order valence-electron chi connectivity index (χ2n) is 3.45. The predicted molar refractivity (Wildman–Crippen MR) is 70.0 cm³/mol. The minimum absolute atomic E-state index is 0.000340. The predicted octanol–water partition coefficient (Wildman–Crippen LogP) is 4.76. The van der Waals surface area contributed by atoms with Gasteiger partial charge in [-0.2, -0.15) is 0 Å². The topological polar surface area (TPSA) is 35.2 Å². The van der Waals surface area contributed by atoms with Crippen molar-refractivity contribution in [2.75, 3.05) is 5.73 Å². The van der Waals surface area contributed by atoms with E-state index in [4.69, 9.17) is 22.1 Å². The minimum Gasteiger partial charge on any atom is -0.453 e. The lowest BCUT2D eigenvalue weighted by atomic mass is 10.3. The van der Waals surface area contributed by atoms with Crippen LogP contribution in [0, 0.1) is 11.6 Å². The van der Waals surface area contributed by atoms with Crippen molar-refractivity contribution in [3.8, 4) is 11.5 Å². The van der Waals surface area contributed by atoms with Crippen molar-refractivity contribution >= 4 is 33.2 Å². The van der Waals surface area contributed by atoms with E-state index in [1.165, 1.54) is 0 Å². The number of halogens is 4. The fraction of sp³-hybridized carbons (Fsp3) is 0. The van der Waals surface area contributed by atoms with Gasteiger partial charge in [0.2, 0.25) is 0 Å². The molecule has 0 aliphatic heterocycles. The molecule has 0 spiro atoms. The zero-order valence-electron chi connectivity index (χ0n) is 8.88. The van der Waals surface area contributed by atoms with Gasteiger partial charge >= 0.3 is 0 Å². The van der Waals surface area contributed by atoms with Gasteiger partial charge in [-0.25, -0.2) is 8.78 Å². The molecule has 2 N–H and O–H groups in total. The minimum atomic E-state index is -1.04. The molecule has 0 saturated carbocycles. The maximum Gasteiger partial charge on any atom is 0.162 e. The van der Waals surface area contributed by atoms with Gasteiger partial charge in [-0.15, -0.1) is 0 Å². The summed E-state index contributed by atoms with van der Waals surface area (Å²) in [4.78, 5) is 0. The van der Waals surface area contributed by atoms with Crippen LogP contribution in [0.4, 0.5) is 14.5 Å². The summed E-state index contributed by atoms with van der Waals surface area (Å²) in [5.74, 6) is -1.77. The summed E-state index contributed by atoms with van der Waals surface area (Å²) < 4.78 is 32.0. The lowest BCUT2D eigenvalue weighted by molar-refractivity contribution is 0.463. The maximum atomic E-state index is 13.1.